The first kappa shape index (κ1) is 20.4. The van der Waals surface area contributed by atoms with E-state index in [0.29, 0.717) is 32.7 Å². The van der Waals surface area contributed by atoms with Crippen LogP contribution >= 0.6 is 0 Å². The number of urea groups is 1. The molecule has 1 aromatic carbocycles. The summed E-state index contributed by atoms with van der Waals surface area (Å²) in [7, 11) is 5.24. The molecule has 0 saturated carbocycles. The summed E-state index contributed by atoms with van der Waals surface area (Å²) in [5, 5.41) is 0. The van der Waals surface area contributed by atoms with Crippen LogP contribution in [-0.4, -0.2) is 79.9 Å². The van der Waals surface area contributed by atoms with Crippen LogP contribution in [-0.2, 0) is 24.1 Å². The van der Waals surface area contributed by atoms with Crippen molar-refractivity contribution in [3.8, 4) is 5.75 Å². The summed E-state index contributed by atoms with van der Waals surface area (Å²) in [6, 6.07) is 8.03. The van der Waals surface area contributed by atoms with Gasteiger partial charge in [0.25, 0.3) is 0 Å². The summed E-state index contributed by atoms with van der Waals surface area (Å²) < 4.78 is 10.9. The third-order valence-corrected chi connectivity index (χ3v) is 5.54. The van der Waals surface area contributed by atoms with Gasteiger partial charge in [-0.05, 0) is 17.7 Å². The number of hydrogen-bond acceptors (Lipinski definition) is 6. The highest BCUT2D eigenvalue weighted by atomic mass is 16.5. The fraction of sp³-hybridized carbons (Fsp3) is 0.500. The number of nitrogens with zero attached hydrogens (tertiary/aromatic N) is 5. The van der Waals surface area contributed by atoms with Crippen molar-refractivity contribution in [2.75, 3.05) is 59.0 Å². The first-order valence-electron chi connectivity index (χ1n) is 10.4. The molecule has 30 heavy (non-hydrogen) atoms. The van der Waals surface area contributed by atoms with Crippen LogP contribution in [0, 0.1) is 0 Å². The Morgan fingerprint density at radius 2 is 2.00 bits per heavy atom. The maximum atomic E-state index is 12.5. The minimum absolute atomic E-state index is 0.0223. The molecule has 0 radical (unpaired) electrons. The Morgan fingerprint density at radius 3 is 2.73 bits per heavy atom. The molecular weight excluding hydrogens is 382 g/mol. The number of hydrogen-bond donors (Lipinski definition) is 0. The van der Waals surface area contributed by atoms with Crippen LogP contribution < -0.4 is 9.64 Å². The molecule has 2 amide bonds. The quantitative estimate of drug-likeness (QED) is 0.766. The number of methoxy groups -OCH3 is 1. The van der Waals surface area contributed by atoms with Crippen LogP contribution in [0.15, 0.2) is 24.3 Å². The molecule has 0 spiro atoms. The van der Waals surface area contributed by atoms with Crippen molar-refractivity contribution < 1.29 is 14.3 Å². The topological polar surface area (TPSA) is 71.0 Å². The lowest BCUT2D eigenvalue weighted by Crippen LogP contribution is -2.44. The van der Waals surface area contributed by atoms with Gasteiger partial charge in [-0.2, -0.15) is 0 Å². The zero-order valence-corrected chi connectivity index (χ0v) is 17.9. The second-order valence-corrected chi connectivity index (χ2v) is 7.86. The molecule has 0 atom stereocenters. The minimum atomic E-state index is 0.0223. The van der Waals surface area contributed by atoms with Gasteiger partial charge in [0.05, 0.1) is 32.6 Å². The van der Waals surface area contributed by atoms with Gasteiger partial charge in [-0.1, -0.05) is 12.1 Å². The molecule has 0 unspecified atom stereocenters. The summed E-state index contributed by atoms with van der Waals surface area (Å²) >= 11 is 0. The molecule has 0 aliphatic carbocycles. The highest BCUT2D eigenvalue weighted by molar-refractivity contribution is 5.74. The Morgan fingerprint density at radius 1 is 1.20 bits per heavy atom. The third kappa shape index (κ3) is 4.33. The predicted octanol–water partition coefficient (Wildman–Crippen LogP) is 1.95. The van der Waals surface area contributed by atoms with Crippen molar-refractivity contribution in [2.45, 2.75) is 19.4 Å². The molecule has 2 aliphatic heterocycles. The number of fused-ring (bicyclic) bond motifs is 1. The van der Waals surface area contributed by atoms with E-state index in [9.17, 15) is 4.79 Å². The second kappa shape index (κ2) is 8.87. The van der Waals surface area contributed by atoms with Crippen molar-refractivity contribution in [1.82, 2.24) is 19.8 Å². The van der Waals surface area contributed by atoms with E-state index in [1.165, 1.54) is 0 Å². The maximum Gasteiger partial charge on any atom is 0.319 e. The van der Waals surface area contributed by atoms with E-state index in [2.05, 4.69) is 11.0 Å². The summed E-state index contributed by atoms with van der Waals surface area (Å²) in [6.45, 7) is 4.17. The third-order valence-electron chi connectivity index (χ3n) is 5.54. The van der Waals surface area contributed by atoms with E-state index in [1.807, 2.05) is 23.1 Å². The van der Waals surface area contributed by atoms with Gasteiger partial charge in [0.15, 0.2) is 0 Å². The highest BCUT2D eigenvalue weighted by Crippen LogP contribution is 2.28. The zero-order valence-electron chi connectivity index (χ0n) is 17.9. The number of amides is 2. The standard InChI is InChI=1S/C22H29N5O3/c1-25(2)22(28)27-8-7-19-18(15-27)21(26-9-11-30-12-10-26)24-20(23-19)14-16-5-4-6-17(13-16)29-3/h4-6,13H,7-12,14-15H2,1-3H3. The number of rotatable bonds is 4. The fourth-order valence-corrected chi connectivity index (χ4v) is 3.97. The Kier molecular flexibility index (Phi) is 6.03. The monoisotopic (exact) mass is 411 g/mol. The van der Waals surface area contributed by atoms with Crippen LogP contribution in [0.2, 0.25) is 0 Å². The van der Waals surface area contributed by atoms with Crippen molar-refractivity contribution in [3.63, 3.8) is 0 Å². The van der Waals surface area contributed by atoms with Gasteiger partial charge in [-0.3, -0.25) is 0 Å². The molecule has 3 heterocycles. The molecule has 2 aliphatic rings. The Labute approximate surface area is 177 Å². The predicted molar refractivity (Wildman–Crippen MR) is 114 cm³/mol. The van der Waals surface area contributed by atoms with Gasteiger partial charge in [-0.15, -0.1) is 0 Å². The highest BCUT2D eigenvalue weighted by Gasteiger charge is 2.29. The number of anilines is 1. The molecule has 8 heteroatoms. The molecule has 1 fully saturated rings. The average molecular weight is 412 g/mol. The number of morpholine rings is 1. The van der Waals surface area contributed by atoms with E-state index < -0.39 is 0 Å². The number of carbonyl (C=O) groups is 1. The summed E-state index contributed by atoms with van der Waals surface area (Å²) in [6.07, 6.45) is 1.38. The van der Waals surface area contributed by atoms with Gasteiger partial charge < -0.3 is 24.2 Å². The Hall–Kier alpha value is -2.87. The Balaban J connectivity index is 1.67. The maximum absolute atomic E-state index is 12.5. The van der Waals surface area contributed by atoms with E-state index in [-0.39, 0.29) is 6.03 Å². The molecule has 1 aromatic heterocycles. The minimum Gasteiger partial charge on any atom is -0.497 e. The number of aromatic nitrogens is 2. The smallest absolute Gasteiger partial charge is 0.319 e. The molecule has 160 valence electrons. The average Bonchev–Trinajstić information content (AvgIpc) is 2.78. The van der Waals surface area contributed by atoms with Gasteiger partial charge in [0.2, 0.25) is 0 Å². The van der Waals surface area contributed by atoms with Crippen LogP contribution in [0.1, 0.15) is 22.6 Å². The van der Waals surface area contributed by atoms with Crippen LogP contribution in [0.3, 0.4) is 0 Å². The fourth-order valence-electron chi connectivity index (χ4n) is 3.97. The van der Waals surface area contributed by atoms with E-state index >= 15 is 0 Å². The molecule has 2 aromatic rings. The number of benzene rings is 1. The first-order valence-corrected chi connectivity index (χ1v) is 10.4. The molecule has 0 N–H and O–H groups in total. The van der Waals surface area contributed by atoms with E-state index in [1.54, 1.807) is 26.1 Å². The number of carbonyl (C=O) groups excluding carboxylic acids is 1. The van der Waals surface area contributed by atoms with Crippen molar-refractivity contribution in [2.24, 2.45) is 0 Å². The van der Waals surface area contributed by atoms with E-state index in [0.717, 1.165) is 53.7 Å². The molecule has 4 rings (SSSR count). The van der Waals surface area contributed by atoms with Crippen molar-refractivity contribution in [1.29, 1.82) is 0 Å². The van der Waals surface area contributed by atoms with Crippen molar-refractivity contribution in [3.05, 3.63) is 46.9 Å². The summed E-state index contributed by atoms with van der Waals surface area (Å²) in [5.41, 5.74) is 3.22. The molecular formula is C22H29N5O3. The summed E-state index contributed by atoms with van der Waals surface area (Å²) in [4.78, 5) is 28.2. The van der Waals surface area contributed by atoms with Gasteiger partial charge in [0, 0.05) is 52.1 Å². The zero-order chi connectivity index (χ0) is 21.1. The van der Waals surface area contributed by atoms with Gasteiger partial charge in [-0.25, -0.2) is 14.8 Å². The lowest BCUT2D eigenvalue weighted by atomic mass is 10.0. The second-order valence-electron chi connectivity index (χ2n) is 7.86. The molecule has 0 bridgehead atoms. The van der Waals surface area contributed by atoms with Crippen LogP contribution in [0.4, 0.5) is 10.6 Å². The first-order chi connectivity index (χ1) is 14.5. The largest absolute Gasteiger partial charge is 0.497 e. The normalized spacial score (nSPS) is 16.2. The van der Waals surface area contributed by atoms with Gasteiger partial charge in [0.1, 0.15) is 17.4 Å². The lowest BCUT2D eigenvalue weighted by Gasteiger charge is -2.35. The summed E-state index contributed by atoms with van der Waals surface area (Å²) in [5.74, 6) is 2.57. The lowest BCUT2D eigenvalue weighted by molar-refractivity contribution is 0.122. The van der Waals surface area contributed by atoms with Crippen molar-refractivity contribution >= 4 is 11.8 Å². The van der Waals surface area contributed by atoms with Gasteiger partial charge >= 0.3 is 6.03 Å². The SMILES string of the molecule is COc1cccc(Cc2nc3c(c(N4CCOCC4)n2)CN(C(=O)N(C)C)CC3)c1. The Bertz CT molecular complexity index is 912. The molecule has 1 saturated heterocycles. The van der Waals surface area contributed by atoms with Crippen LogP contribution in [0.25, 0.3) is 0 Å². The molecule has 8 nitrogen and oxygen atoms in total. The number of ether oxygens (including phenoxy) is 2. The van der Waals surface area contributed by atoms with Crippen LogP contribution in [0.5, 0.6) is 5.75 Å². The van der Waals surface area contributed by atoms with E-state index in [4.69, 9.17) is 19.4 Å².